The highest BCUT2D eigenvalue weighted by atomic mass is 79.9. The highest BCUT2D eigenvalue weighted by Gasteiger charge is 2.08. The highest BCUT2D eigenvalue weighted by molar-refractivity contribution is 9.10. The smallest absolute Gasteiger partial charge is 0.115 e. The first kappa shape index (κ1) is 14.1. The lowest BCUT2D eigenvalue weighted by Crippen LogP contribution is -2.29. The van der Waals surface area contributed by atoms with Crippen LogP contribution in [0.4, 0.5) is 0 Å². The normalized spacial score (nSPS) is 12.3. The molecule has 0 heterocycles. The van der Waals surface area contributed by atoms with Crippen LogP contribution in [0.5, 0.6) is 5.75 Å². The van der Waals surface area contributed by atoms with E-state index in [1.165, 1.54) is 11.1 Å². The summed E-state index contributed by atoms with van der Waals surface area (Å²) in [6, 6.07) is 16.2. The molecule has 0 aliphatic rings. The van der Waals surface area contributed by atoms with Crippen LogP contribution in [0.1, 0.15) is 11.1 Å². The zero-order valence-electron chi connectivity index (χ0n) is 10.9. The van der Waals surface area contributed by atoms with Crippen molar-refractivity contribution in [2.24, 2.45) is 0 Å². The third-order valence-corrected chi connectivity index (χ3v) is 3.75. The van der Waals surface area contributed by atoms with Gasteiger partial charge in [0.25, 0.3) is 0 Å². The van der Waals surface area contributed by atoms with Crippen molar-refractivity contribution in [2.45, 2.75) is 18.9 Å². The van der Waals surface area contributed by atoms with Crippen LogP contribution < -0.4 is 5.32 Å². The quantitative estimate of drug-likeness (QED) is 0.883. The first-order valence-corrected chi connectivity index (χ1v) is 7.16. The van der Waals surface area contributed by atoms with Gasteiger partial charge in [-0.25, -0.2) is 0 Å². The average molecular weight is 320 g/mol. The van der Waals surface area contributed by atoms with E-state index >= 15 is 0 Å². The molecule has 0 amide bonds. The van der Waals surface area contributed by atoms with Crippen molar-refractivity contribution in [3.05, 3.63) is 64.1 Å². The zero-order valence-corrected chi connectivity index (χ0v) is 12.5. The van der Waals surface area contributed by atoms with Crippen LogP contribution in [-0.4, -0.2) is 18.2 Å². The molecule has 0 spiro atoms. The van der Waals surface area contributed by atoms with Gasteiger partial charge in [0.1, 0.15) is 5.75 Å². The number of rotatable bonds is 5. The van der Waals surface area contributed by atoms with Gasteiger partial charge >= 0.3 is 0 Å². The van der Waals surface area contributed by atoms with E-state index in [4.69, 9.17) is 0 Å². The van der Waals surface area contributed by atoms with Crippen LogP contribution in [0.2, 0.25) is 0 Å². The van der Waals surface area contributed by atoms with E-state index in [-0.39, 0.29) is 0 Å². The lowest BCUT2D eigenvalue weighted by atomic mass is 9.99. The molecule has 0 bridgehead atoms. The minimum Gasteiger partial charge on any atom is -0.508 e. The van der Waals surface area contributed by atoms with Crippen molar-refractivity contribution in [1.82, 2.24) is 5.32 Å². The zero-order chi connectivity index (χ0) is 13.7. The molecule has 0 radical (unpaired) electrons. The van der Waals surface area contributed by atoms with Crippen molar-refractivity contribution < 1.29 is 5.11 Å². The maximum Gasteiger partial charge on any atom is 0.115 e. The minimum atomic E-state index is 0.317. The van der Waals surface area contributed by atoms with Gasteiger partial charge in [0.05, 0.1) is 0 Å². The predicted octanol–water partition coefficient (Wildman–Crippen LogP) is 3.53. The summed E-state index contributed by atoms with van der Waals surface area (Å²) in [7, 11) is 1.99. The van der Waals surface area contributed by atoms with Crippen LogP contribution in [0.3, 0.4) is 0 Å². The van der Waals surface area contributed by atoms with Crippen molar-refractivity contribution in [2.75, 3.05) is 7.05 Å². The molecule has 1 atom stereocenters. The molecule has 0 saturated heterocycles. The fourth-order valence-corrected chi connectivity index (χ4v) is 2.36. The Labute approximate surface area is 122 Å². The van der Waals surface area contributed by atoms with Crippen molar-refractivity contribution in [1.29, 1.82) is 0 Å². The first-order valence-electron chi connectivity index (χ1n) is 6.37. The summed E-state index contributed by atoms with van der Waals surface area (Å²) in [6.45, 7) is 0. The fourth-order valence-electron chi connectivity index (χ4n) is 2.10. The predicted molar refractivity (Wildman–Crippen MR) is 82.5 cm³/mol. The number of phenols is 1. The van der Waals surface area contributed by atoms with Gasteiger partial charge in [-0.3, -0.25) is 0 Å². The second-order valence-corrected chi connectivity index (χ2v) is 5.60. The molecule has 3 heteroatoms. The maximum absolute atomic E-state index is 9.29. The van der Waals surface area contributed by atoms with Crippen LogP contribution in [0, 0.1) is 0 Å². The van der Waals surface area contributed by atoms with E-state index in [0.29, 0.717) is 11.8 Å². The molecular weight excluding hydrogens is 302 g/mol. The van der Waals surface area contributed by atoms with E-state index in [0.717, 1.165) is 17.3 Å². The number of aromatic hydroxyl groups is 1. The number of halogens is 1. The van der Waals surface area contributed by atoms with Gasteiger partial charge in [0, 0.05) is 10.5 Å². The Bertz CT molecular complexity index is 460. The Morgan fingerprint density at radius 1 is 0.947 bits per heavy atom. The molecule has 2 aromatic rings. The molecule has 0 aliphatic carbocycles. The fraction of sp³-hybridized carbons (Fsp3) is 0.250. The molecule has 1 unspecified atom stereocenters. The van der Waals surface area contributed by atoms with E-state index in [2.05, 4.69) is 45.5 Å². The molecule has 0 aliphatic heterocycles. The Balaban J connectivity index is 2.00. The topological polar surface area (TPSA) is 32.3 Å². The summed E-state index contributed by atoms with van der Waals surface area (Å²) >= 11 is 3.45. The third-order valence-electron chi connectivity index (χ3n) is 3.22. The van der Waals surface area contributed by atoms with Crippen molar-refractivity contribution in [3.8, 4) is 5.75 Å². The molecule has 100 valence electrons. The van der Waals surface area contributed by atoms with E-state index in [1.807, 2.05) is 19.2 Å². The first-order chi connectivity index (χ1) is 9.17. The van der Waals surface area contributed by atoms with Gasteiger partial charge < -0.3 is 10.4 Å². The Hall–Kier alpha value is -1.32. The van der Waals surface area contributed by atoms with Crippen molar-refractivity contribution in [3.63, 3.8) is 0 Å². The monoisotopic (exact) mass is 319 g/mol. The van der Waals surface area contributed by atoms with Gasteiger partial charge in [-0.2, -0.15) is 0 Å². The molecule has 2 N–H and O–H groups in total. The number of likely N-dealkylation sites (N-methyl/N-ethyl adjacent to an activating group) is 1. The molecule has 19 heavy (non-hydrogen) atoms. The summed E-state index contributed by atoms with van der Waals surface area (Å²) in [6.07, 6.45) is 1.94. The molecule has 0 saturated carbocycles. The lowest BCUT2D eigenvalue weighted by Gasteiger charge is -2.16. The summed E-state index contributed by atoms with van der Waals surface area (Å²) in [5.74, 6) is 0.317. The second-order valence-electron chi connectivity index (χ2n) is 4.69. The molecule has 0 aromatic heterocycles. The largest absolute Gasteiger partial charge is 0.508 e. The molecule has 2 nitrogen and oxygen atoms in total. The van der Waals surface area contributed by atoms with Gasteiger partial charge in [-0.15, -0.1) is 0 Å². The summed E-state index contributed by atoms with van der Waals surface area (Å²) in [5, 5.41) is 12.6. The standard InChI is InChI=1S/C16H18BrNO/c1-18-15(10-12-2-6-14(17)7-3-12)11-13-4-8-16(19)9-5-13/h2-9,15,18-19H,10-11H2,1H3. The third kappa shape index (κ3) is 4.37. The van der Waals surface area contributed by atoms with Gasteiger partial charge in [0.2, 0.25) is 0 Å². The van der Waals surface area contributed by atoms with E-state index in [9.17, 15) is 5.11 Å². The highest BCUT2D eigenvalue weighted by Crippen LogP contribution is 2.15. The van der Waals surface area contributed by atoms with Gasteiger partial charge in [-0.05, 0) is 55.3 Å². The van der Waals surface area contributed by atoms with Crippen LogP contribution in [0.15, 0.2) is 53.0 Å². The van der Waals surface area contributed by atoms with Crippen LogP contribution >= 0.6 is 15.9 Å². The summed E-state index contributed by atoms with van der Waals surface area (Å²) < 4.78 is 1.11. The Morgan fingerprint density at radius 2 is 1.42 bits per heavy atom. The van der Waals surface area contributed by atoms with Gasteiger partial charge in [0.15, 0.2) is 0 Å². The maximum atomic E-state index is 9.29. The lowest BCUT2D eigenvalue weighted by molar-refractivity contribution is 0.474. The minimum absolute atomic E-state index is 0.317. The molecule has 2 aromatic carbocycles. The number of hydrogen-bond acceptors (Lipinski definition) is 2. The molecular formula is C16H18BrNO. The van der Waals surface area contributed by atoms with Gasteiger partial charge in [-0.1, -0.05) is 40.2 Å². The second kappa shape index (κ2) is 6.73. The summed E-state index contributed by atoms with van der Waals surface area (Å²) in [4.78, 5) is 0. The Kier molecular flexibility index (Phi) is 5.00. The van der Waals surface area contributed by atoms with E-state index in [1.54, 1.807) is 12.1 Å². The average Bonchev–Trinajstić information content (AvgIpc) is 2.43. The van der Waals surface area contributed by atoms with Crippen molar-refractivity contribution >= 4 is 15.9 Å². The SMILES string of the molecule is CNC(Cc1ccc(O)cc1)Cc1ccc(Br)cc1. The van der Waals surface area contributed by atoms with E-state index < -0.39 is 0 Å². The summed E-state index contributed by atoms with van der Waals surface area (Å²) in [5.41, 5.74) is 2.55. The number of phenolic OH excluding ortho intramolecular Hbond substituents is 1. The number of benzene rings is 2. The number of hydrogen-bond donors (Lipinski definition) is 2. The van der Waals surface area contributed by atoms with Crippen LogP contribution in [-0.2, 0) is 12.8 Å². The Morgan fingerprint density at radius 3 is 1.89 bits per heavy atom. The molecule has 0 fully saturated rings. The van der Waals surface area contributed by atoms with Crippen LogP contribution in [0.25, 0.3) is 0 Å². The number of nitrogens with one attached hydrogen (secondary N) is 1. The molecule has 2 rings (SSSR count).